The van der Waals surface area contributed by atoms with Crippen molar-refractivity contribution in [1.29, 1.82) is 0 Å². The zero-order chi connectivity index (χ0) is 29.1. The number of amides is 1. The van der Waals surface area contributed by atoms with Crippen molar-refractivity contribution in [3.8, 4) is 0 Å². The number of nitrogens with one attached hydrogen (secondary N) is 2. The Morgan fingerprint density at radius 2 is 1.67 bits per heavy atom. The van der Waals surface area contributed by atoms with Gasteiger partial charge in [0.2, 0.25) is 5.91 Å². The number of piperidine rings is 1. The minimum absolute atomic E-state index is 0.0523. The largest absolute Gasteiger partial charge is 0.325 e. The van der Waals surface area contributed by atoms with E-state index >= 15 is 0 Å². The average molecular weight is 599 g/mol. The molecule has 2 N–H and O–H groups in total. The van der Waals surface area contributed by atoms with Gasteiger partial charge in [-0.3, -0.25) is 19.4 Å². The van der Waals surface area contributed by atoms with E-state index in [1.807, 2.05) is 42.5 Å². The summed E-state index contributed by atoms with van der Waals surface area (Å²) in [6, 6.07) is 28.9. The number of rotatable bonds is 8. The third-order valence-electron chi connectivity index (χ3n) is 7.62. The molecule has 0 spiro atoms. The third kappa shape index (κ3) is 6.26. The zero-order valence-electron chi connectivity index (χ0n) is 23.0. The number of carbonyl (C=O) groups is 1. The number of nitrogens with zero attached hydrogens (tertiary/aromatic N) is 2. The molecule has 1 unspecified atom stereocenters. The fraction of sp³-hybridized carbons (Fsp3) is 0.212. The van der Waals surface area contributed by atoms with E-state index in [4.69, 9.17) is 16.6 Å². The van der Waals surface area contributed by atoms with Crippen molar-refractivity contribution in [3.05, 3.63) is 119 Å². The maximum absolute atomic E-state index is 13.4. The van der Waals surface area contributed by atoms with E-state index in [0.717, 1.165) is 30.9 Å². The van der Waals surface area contributed by atoms with Gasteiger partial charge in [-0.2, -0.15) is 0 Å². The molecule has 0 saturated carbocycles. The molecule has 1 fully saturated rings. The van der Waals surface area contributed by atoms with Gasteiger partial charge in [0.05, 0.1) is 16.3 Å². The Kier molecular flexibility index (Phi) is 8.11. The third-order valence-corrected chi connectivity index (χ3v) is 9.24. The van der Waals surface area contributed by atoms with Crippen LogP contribution in [0.15, 0.2) is 107 Å². The van der Waals surface area contributed by atoms with E-state index in [9.17, 15) is 13.2 Å². The van der Waals surface area contributed by atoms with Crippen LogP contribution in [0.3, 0.4) is 0 Å². The van der Waals surface area contributed by atoms with Crippen molar-refractivity contribution in [3.63, 3.8) is 0 Å². The lowest BCUT2D eigenvalue weighted by Gasteiger charge is -2.26. The first kappa shape index (κ1) is 28.2. The molecule has 2 aliphatic rings. The van der Waals surface area contributed by atoms with Crippen LogP contribution < -0.4 is 10.0 Å². The van der Waals surface area contributed by atoms with Crippen LogP contribution in [0.1, 0.15) is 41.9 Å². The summed E-state index contributed by atoms with van der Waals surface area (Å²) in [6.07, 6.45) is 3.80. The second-order valence-electron chi connectivity index (χ2n) is 10.7. The summed E-state index contributed by atoms with van der Waals surface area (Å²) in [5, 5.41) is 3.27. The maximum Gasteiger partial charge on any atom is 0.261 e. The molecule has 2 aliphatic heterocycles. The van der Waals surface area contributed by atoms with Gasteiger partial charge in [0, 0.05) is 22.9 Å². The standard InChI is InChI=1S/C33H31ClN4O3S/c34-25-10-7-11-28(20-25)42(40,41)37-27-16-17-30-29(21-27)31(33(39)36-30)32(24-8-3-1-4-9-24)35-26-14-12-23(13-15-26)22-38-18-5-2-6-19-38/h1,3-4,7-17,20-21,31,37H,2,5-6,18-19,22H2,(H,36,39). The summed E-state index contributed by atoms with van der Waals surface area (Å²) in [6.45, 7) is 3.18. The van der Waals surface area contributed by atoms with Gasteiger partial charge in [-0.05, 0) is 91.2 Å². The topological polar surface area (TPSA) is 90.9 Å². The SMILES string of the molecule is O=C1Nc2ccc(NS(=O)(=O)c3cccc(Cl)c3)cc2C1C(=Nc1ccc(CN2CCCCC2)cc1)c1ccccc1. The number of likely N-dealkylation sites (tertiary alicyclic amines) is 1. The van der Waals surface area contributed by atoms with Crippen LogP contribution in [0.5, 0.6) is 0 Å². The summed E-state index contributed by atoms with van der Waals surface area (Å²) < 4.78 is 28.8. The first-order valence-corrected chi connectivity index (χ1v) is 15.9. The molecule has 6 rings (SSSR count). The van der Waals surface area contributed by atoms with Crippen molar-refractivity contribution < 1.29 is 13.2 Å². The number of carbonyl (C=O) groups excluding carboxylic acids is 1. The Labute approximate surface area is 251 Å². The number of sulfonamides is 1. The molecule has 42 heavy (non-hydrogen) atoms. The van der Waals surface area contributed by atoms with E-state index in [1.54, 1.807) is 30.3 Å². The fourth-order valence-electron chi connectivity index (χ4n) is 5.54. The van der Waals surface area contributed by atoms with Gasteiger partial charge in [0.15, 0.2) is 0 Å². The number of benzene rings is 4. The van der Waals surface area contributed by atoms with E-state index in [-0.39, 0.29) is 10.8 Å². The number of hydrogen-bond acceptors (Lipinski definition) is 5. The number of fused-ring (bicyclic) bond motifs is 1. The first-order chi connectivity index (χ1) is 20.4. The van der Waals surface area contributed by atoms with Crippen molar-refractivity contribution in [2.45, 2.75) is 36.6 Å². The monoisotopic (exact) mass is 598 g/mol. The Morgan fingerprint density at radius 1 is 0.905 bits per heavy atom. The predicted octanol–water partition coefficient (Wildman–Crippen LogP) is 6.98. The average Bonchev–Trinajstić information content (AvgIpc) is 3.32. The highest BCUT2D eigenvalue weighted by atomic mass is 35.5. The molecule has 2 heterocycles. The number of aliphatic imine (C=N–C) groups is 1. The van der Waals surface area contributed by atoms with E-state index < -0.39 is 15.9 Å². The fourth-order valence-corrected chi connectivity index (χ4v) is 6.89. The Balaban J connectivity index is 1.33. The summed E-state index contributed by atoms with van der Waals surface area (Å²) in [4.78, 5) is 20.9. The van der Waals surface area contributed by atoms with E-state index in [1.165, 1.54) is 37.0 Å². The highest BCUT2D eigenvalue weighted by Crippen LogP contribution is 2.38. The maximum atomic E-state index is 13.4. The highest BCUT2D eigenvalue weighted by molar-refractivity contribution is 7.92. The van der Waals surface area contributed by atoms with Crippen LogP contribution in [0.25, 0.3) is 0 Å². The Hall–Kier alpha value is -3.98. The minimum Gasteiger partial charge on any atom is -0.325 e. The summed E-state index contributed by atoms with van der Waals surface area (Å²) >= 11 is 6.02. The molecule has 0 bridgehead atoms. The van der Waals surface area contributed by atoms with Crippen molar-refractivity contribution in [1.82, 2.24) is 4.90 Å². The number of anilines is 2. The lowest BCUT2D eigenvalue weighted by atomic mass is 9.90. The van der Waals surface area contributed by atoms with E-state index in [0.29, 0.717) is 27.7 Å². The second kappa shape index (κ2) is 12.1. The lowest BCUT2D eigenvalue weighted by molar-refractivity contribution is -0.115. The van der Waals surface area contributed by atoms with Crippen molar-refractivity contribution >= 4 is 50.3 Å². The normalized spacial score (nSPS) is 17.5. The molecule has 0 radical (unpaired) electrons. The number of hydrogen-bond donors (Lipinski definition) is 2. The highest BCUT2D eigenvalue weighted by Gasteiger charge is 2.36. The second-order valence-corrected chi connectivity index (χ2v) is 12.8. The van der Waals surface area contributed by atoms with Gasteiger partial charge in [-0.1, -0.05) is 66.6 Å². The summed E-state index contributed by atoms with van der Waals surface area (Å²) in [5.74, 6) is -0.949. The van der Waals surface area contributed by atoms with Crippen LogP contribution in [-0.2, 0) is 21.4 Å². The van der Waals surface area contributed by atoms with Gasteiger partial charge < -0.3 is 5.32 Å². The van der Waals surface area contributed by atoms with Crippen molar-refractivity contribution in [2.24, 2.45) is 4.99 Å². The Morgan fingerprint density at radius 3 is 2.40 bits per heavy atom. The summed E-state index contributed by atoms with van der Waals surface area (Å²) in [7, 11) is -3.89. The molecule has 1 atom stereocenters. The molecule has 9 heteroatoms. The van der Waals surface area contributed by atoms with Gasteiger partial charge >= 0.3 is 0 Å². The van der Waals surface area contributed by atoms with Crippen molar-refractivity contribution in [2.75, 3.05) is 23.1 Å². The molecule has 1 saturated heterocycles. The number of halogens is 1. The first-order valence-electron chi connectivity index (χ1n) is 14.0. The molecular formula is C33H31ClN4O3S. The lowest BCUT2D eigenvalue weighted by Crippen LogP contribution is -2.28. The van der Waals surface area contributed by atoms with Crippen LogP contribution >= 0.6 is 11.6 Å². The molecule has 0 aliphatic carbocycles. The summed E-state index contributed by atoms with van der Waals surface area (Å²) in [5.41, 5.74) is 4.99. The predicted molar refractivity (Wildman–Crippen MR) is 168 cm³/mol. The molecule has 4 aromatic rings. The quantitative estimate of drug-likeness (QED) is 0.214. The molecule has 1 amide bonds. The van der Waals surface area contributed by atoms with Gasteiger partial charge in [-0.25, -0.2) is 8.42 Å². The molecule has 0 aromatic heterocycles. The van der Waals surface area contributed by atoms with Crippen LogP contribution in [-0.4, -0.2) is 38.0 Å². The van der Waals surface area contributed by atoms with Gasteiger partial charge in [-0.15, -0.1) is 0 Å². The smallest absolute Gasteiger partial charge is 0.261 e. The molecule has 4 aromatic carbocycles. The molecular weight excluding hydrogens is 568 g/mol. The molecule has 7 nitrogen and oxygen atoms in total. The van der Waals surface area contributed by atoms with Crippen LogP contribution in [0.2, 0.25) is 5.02 Å². The van der Waals surface area contributed by atoms with Gasteiger partial charge in [0.1, 0.15) is 5.92 Å². The van der Waals surface area contributed by atoms with Crippen LogP contribution in [0, 0.1) is 0 Å². The Bertz CT molecular complexity index is 1740. The van der Waals surface area contributed by atoms with Gasteiger partial charge in [0.25, 0.3) is 10.0 Å². The van der Waals surface area contributed by atoms with Crippen LogP contribution in [0.4, 0.5) is 17.1 Å². The molecule has 214 valence electrons. The zero-order valence-corrected chi connectivity index (χ0v) is 24.5. The van der Waals surface area contributed by atoms with E-state index in [2.05, 4.69) is 27.1 Å². The minimum atomic E-state index is -3.89.